The van der Waals surface area contributed by atoms with E-state index >= 15 is 0 Å². The Bertz CT molecular complexity index is 1370. The quantitative estimate of drug-likeness (QED) is 0.519. The van der Waals surface area contributed by atoms with Crippen molar-refractivity contribution in [2.24, 2.45) is 11.8 Å². The first kappa shape index (κ1) is 21.7. The molecule has 1 atom stereocenters. The molecule has 0 aromatic heterocycles. The lowest BCUT2D eigenvalue weighted by Crippen LogP contribution is -2.25. The second-order valence-electron chi connectivity index (χ2n) is 9.76. The number of allylic oxidation sites excluding steroid dienone is 6. The fourth-order valence-corrected chi connectivity index (χ4v) is 5.60. The second-order valence-corrected chi connectivity index (χ2v) is 9.76. The topological polar surface area (TPSA) is 55.8 Å². The molecule has 0 bridgehead atoms. The van der Waals surface area contributed by atoms with Crippen LogP contribution < -0.4 is 9.64 Å². The molecule has 0 spiro atoms. The van der Waals surface area contributed by atoms with E-state index < -0.39 is 5.92 Å². The van der Waals surface area contributed by atoms with Gasteiger partial charge in [0.15, 0.2) is 11.6 Å². The van der Waals surface area contributed by atoms with Gasteiger partial charge >= 0.3 is 0 Å². The van der Waals surface area contributed by atoms with Gasteiger partial charge in [-0.05, 0) is 62.1 Å². The Morgan fingerprint density at radius 2 is 1.71 bits per heavy atom. The van der Waals surface area contributed by atoms with E-state index in [0.717, 1.165) is 36.3 Å². The first-order chi connectivity index (χ1) is 16.9. The molecule has 3 heterocycles. The molecule has 2 aromatic rings. The molecular weight excluding hydrogens is 438 g/mol. The van der Waals surface area contributed by atoms with E-state index in [1.54, 1.807) is 24.3 Å². The molecule has 0 amide bonds. The van der Waals surface area contributed by atoms with E-state index in [2.05, 4.69) is 31.0 Å². The van der Waals surface area contributed by atoms with Crippen molar-refractivity contribution in [3.05, 3.63) is 100 Å². The maximum atomic E-state index is 13.1. The summed E-state index contributed by atoms with van der Waals surface area (Å²) in [5.74, 6) is 1.35. The van der Waals surface area contributed by atoms with Crippen molar-refractivity contribution in [1.82, 2.24) is 0 Å². The molecule has 0 fully saturated rings. The van der Waals surface area contributed by atoms with Crippen molar-refractivity contribution >= 4 is 22.8 Å². The minimum atomic E-state index is -0.757. The van der Waals surface area contributed by atoms with Gasteiger partial charge in [0.2, 0.25) is 0 Å². The van der Waals surface area contributed by atoms with Crippen LogP contribution >= 0.6 is 0 Å². The molecule has 6 rings (SSSR count). The molecule has 35 heavy (non-hydrogen) atoms. The zero-order valence-electron chi connectivity index (χ0n) is 20.1. The molecule has 0 saturated heterocycles. The highest BCUT2D eigenvalue weighted by Gasteiger charge is 2.42. The highest BCUT2D eigenvalue weighted by atomic mass is 16.5. The van der Waals surface area contributed by atoms with Gasteiger partial charge in [-0.2, -0.15) is 0 Å². The number of ether oxygens (including phenoxy) is 2. The van der Waals surface area contributed by atoms with E-state index in [0.29, 0.717) is 28.4 Å². The largest absolute Gasteiger partial charge is 0.463 e. The Kier molecular flexibility index (Phi) is 5.03. The van der Waals surface area contributed by atoms with E-state index in [1.165, 1.54) is 11.3 Å². The fraction of sp³-hybridized carbons (Fsp3) is 0.267. The average Bonchev–Trinajstić information content (AvgIpc) is 3.08. The number of aryl methyl sites for hydroxylation is 1. The molecule has 0 N–H and O–H groups in total. The van der Waals surface area contributed by atoms with Crippen molar-refractivity contribution in [3.8, 4) is 5.75 Å². The van der Waals surface area contributed by atoms with Crippen molar-refractivity contribution < 1.29 is 19.1 Å². The summed E-state index contributed by atoms with van der Waals surface area (Å²) in [6.07, 6.45) is 9.81. The highest BCUT2D eigenvalue weighted by molar-refractivity contribution is 6.26. The van der Waals surface area contributed by atoms with Crippen molar-refractivity contribution in [2.45, 2.75) is 26.7 Å². The zero-order valence-corrected chi connectivity index (χ0v) is 20.1. The van der Waals surface area contributed by atoms with Gasteiger partial charge in [-0.1, -0.05) is 24.3 Å². The van der Waals surface area contributed by atoms with E-state index in [-0.39, 0.29) is 17.5 Å². The van der Waals surface area contributed by atoms with E-state index in [9.17, 15) is 9.59 Å². The van der Waals surface area contributed by atoms with E-state index in [4.69, 9.17) is 9.47 Å². The standard InChI is InChI=1S/C30H27NO4/c1-17-11-21(35-27-16-26-19(14-25(17)27)7-6-10-31(26)3)15-22-13-20(12-18(2)34-22)28-29(32)23-8-4-5-9-24(23)30(28)33/h4-5,8-9,11-16,20,28H,6-7,10H2,1-3H3/b21-15+. The smallest absolute Gasteiger partial charge is 0.175 e. The summed E-state index contributed by atoms with van der Waals surface area (Å²) < 4.78 is 12.3. The number of hydrogen-bond donors (Lipinski definition) is 0. The third-order valence-electron chi connectivity index (χ3n) is 7.30. The number of carbonyl (C=O) groups excluding carboxylic acids is 2. The molecule has 1 unspecified atom stereocenters. The molecule has 1 aliphatic carbocycles. The lowest BCUT2D eigenvalue weighted by Gasteiger charge is -2.30. The van der Waals surface area contributed by atoms with Crippen molar-refractivity contribution in [2.75, 3.05) is 18.5 Å². The Hall–Kier alpha value is -3.86. The number of rotatable bonds is 2. The maximum absolute atomic E-state index is 13.1. The number of hydrogen-bond acceptors (Lipinski definition) is 5. The Balaban J connectivity index is 1.32. The lowest BCUT2D eigenvalue weighted by molar-refractivity contribution is 0.0814. The molecular formula is C30H27NO4. The number of anilines is 1. The zero-order chi connectivity index (χ0) is 24.3. The predicted molar refractivity (Wildman–Crippen MR) is 135 cm³/mol. The molecule has 3 aliphatic heterocycles. The number of ketones is 2. The summed E-state index contributed by atoms with van der Waals surface area (Å²) in [7, 11) is 2.12. The van der Waals surface area contributed by atoms with Gasteiger partial charge in [0.1, 0.15) is 17.3 Å². The first-order valence-corrected chi connectivity index (χ1v) is 12.1. The van der Waals surface area contributed by atoms with Crippen LogP contribution in [-0.2, 0) is 11.2 Å². The van der Waals surface area contributed by atoms with Crippen molar-refractivity contribution in [3.63, 3.8) is 0 Å². The number of fused-ring (bicyclic) bond motifs is 3. The van der Waals surface area contributed by atoms with Crippen LogP contribution in [0.5, 0.6) is 5.75 Å². The van der Waals surface area contributed by atoms with Gasteiger partial charge in [0.25, 0.3) is 0 Å². The maximum Gasteiger partial charge on any atom is 0.175 e. The number of carbonyl (C=O) groups is 2. The summed E-state index contributed by atoms with van der Waals surface area (Å²) >= 11 is 0. The summed E-state index contributed by atoms with van der Waals surface area (Å²) in [5.41, 5.74) is 5.83. The average molecular weight is 466 g/mol. The Morgan fingerprint density at radius 1 is 0.971 bits per heavy atom. The highest BCUT2D eigenvalue weighted by Crippen LogP contribution is 2.41. The molecule has 0 radical (unpaired) electrons. The van der Waals surface area contributed by atoms with Crippen LogP contribution in [0.15, 0.2) is 78.0 Å². The van der Waals surface area contributed by atoms with Gasteiger partial charge in [-0.15, -0.1) is 0 Å². The molecule has 5 nitrogen and oxygen atoms in total. The minimum absolute atomic E-state index is 0.128. The summed E-state index contributed by atoms with van der Waals surface area (Å²) in [6.45, 7) is 4.97. The van der Waals surface area contributed by atoms with Gasteiger partial charge in [0.05, 0.1) is 11.7 Å². The number of Topliss-reactive ketones (excluding diaryl/α,β-unsaturated/α-hetero) is 2. The van der Waals surface area contributed by atoms with Crippen molar-refractivity contribution in [1.29, 1.82) is 0 Å². The second kappa shape index (κ2) is 8.12. The van der Waals surface area contributed by atoms with Gasteiger partial charge < -0.3 is 14.4 Å². The van der Waals surface area contributed by atoms with Crippen LogP contribution in [0, 0.1) is 11.8 Å². The molecule has 5 heteroatoms. The first-order valence-electron chi connectivity index (χ1n) is 12.1. The predicted octanol–water partition coefficient (Wildman–Crippen LogP) is 5.88. The summed E-state index contributed by atoms with van der Waals surface area (Å²) in [4.78, 5) is 28.4. The van der Waals surface area contributed by atoms with E-state index in [1.807, 2.05) is 31.2 Å². The molecule has 2 aromatic carbocycles. The van der Waals surface area contributed by atoms with Gasteiger partial charge in [-0.3, -0.25) is 9.59 Å². The van der Waals surface area contributed by atoms with Gasteiger partial charge in [0, 0.05) is 54.0 Å². The SMILES string of the molecule is CC1=CC(C2C(=O)c3ccccc3C2=O)C=C(/C=C2\C=C(C)c3cc4c(cc3O2)N(C)CCC4)O1. The lowest BCUT2D eigenvalue weighted by atomic mass is 9.86. The third-order valence-corrected chi connectivity index (χ3v) is 7.30. The molecule has 176 valence electrons. The van der Waals surface area contributed by atoms with Gasteiger partial charge in [-0.25, -0.2) is 0 Å². The number of benzene rings is 2. The monoisotopic (exact) mass is 465 g/mol. The normalized spacial score (nSPS) is 22.5. The fourth-order valence-electron chi connectivity index (χ4n) is 5.60. The van der Waals surface area contributed by atoms with Crippen LogP contribution in [-0.4, -0.2) is 25.2 Å². The summed E-state index contributed by atoms with van der Waals surface area (Å²) in [6, 6.07) is 11.4. The minimum Gasteiger partial charge on any atom is -0.463 e. The number of nitrogens with zero attached hydrogens (tertiary/aromatic N) is 1. The Morgan fingerprint density at radius 3 is 2.46 bits per heavy atom. The van der Waals surface area contributed by atoms with Crippen LogP contribution in [0.25, 0.3) is 5.57 Å². The molecule has 4 aliphatic rings. The third kappa shape index (κ3) is 3.63. The summed E-state index contributed by atoms with van der Waals surface area (Å²) in [5, 5.41) is 0. The Labute approximate surface area is 205 Å². The van der Waals surface area contributed by atoms with Crippen LogP contribution in [0.4, 0.5) is 5.69 Å². The van der Waals surface area contributed by atoms with Crippen LogP contribution in [0.1, 0.15) is 52.1 Å². The van der Waals surface area contributed by atoms with Crippen LogP contribution in [0.2, 0.25) is 0 Å². The van der Waals surface area contributed by atoms with Crippen LogP contribution in [0.3, 0.4) is 0 Å². The molecule has 0 saturated carbocycles.